The van der Waals surface area contributed by atoms with Crippen LogP contribution in [0.2, 0.25) is 0 Å². The fourth-order valence-electron chi connectivity index (χ4n) is 12.4. The van der Waals surface area contributed by atoms with Crippen LogP contribution in [-0.2, 0) is 0 Å². The van der Waals surface area contributed by atoms with Gasteiger partial charge in [-0.15, -0.1) is 0 Å². The molecule has 0 unspecified atom stereocenters. The molecule has 0 aliphatic rings. The smallest absolute Gasteiger partial charge is 0.135 e. The zero-order valence-corrected chi connectivity index (χ0v) is 45.6. The lowest BCUT2D eigenvalue weighted by Crippen LogP contribution is -2.13. The van der Waals surface area contributed by atoms with Crippen molar-refractivity contribution < 1.29 is 8.83 Å². The van der Waals surface area contributed by atoms with Crippen molar-refractivity contribution in [3.05, 3.63) is 315 Å². The second-order valence-corrected chi connectivity index (χ2v) is 21.3. The van der Waals surface area contributed by atoms with Crippen molar-refractivity contribution >= 4 is 117 Å². The number of nitrogens with zero attached hydrogens (tertiary/aromatic N) is 4. The second-order valence-electron chi connectivity index (χ2n) is 21.3. The van der Waals surface area contributed by atoms with Crippen LogP contribution in [0, 0.1) is 0 Å². The average molecular weight is 1080 g/mol. The molecule has 0 saturated carbocycles. The van der Waals surface area contributed by atoms with Crippen LogP contribution in [0.1, 0.15) is 0 Å². The van der Waals surface area contributed by atoms with E-state index in [1.165, 1.54) is 21.8 Å². The summed E-state index contributed by atoms with van der Waals surface area (Å²) in [5.41, 5.74) is 21.0. The summed E-state index contributed by atoms with van der Waals surface area (Å²) in [6.45, 7) is 0. The van der Waals surface area contributed by atoms with Crippen LogP contribution in [0.5, 0.6) is 0 Å². The minimum atomic E-state index is 0.893. The first-order valence-corrected chi connectivity index (χ1v) is 28.5. The van der Waals surface area contributed by atoms with Gasteiger partial charge in [0.05, 0.1) is 11.0 Å². The maximum Gasteiger partial charge on any atom is 0.135 e. The molecule has 0 aliphatic carbocycles. The Hall–Kier alpha value is -11.3. The first kappa shape index (κ1) is 48.6. The summed E-state index contributed by atoms with van der Waals surface area (Å²) in [6, 6.07) is 113. The number of furan rings is 2. The molecule has 0 bridgehead atoms. The topological polar surface area (TPSA) is 40.9 Å². The number of hydrogen-bond acceptors (Lipinski definition) is 5. The van der Waals surface area contributed by atoms with Gasteiger partial charge in [-0.3, -0.25) is 0 Å². The first-order valence-electron chi connectivity index (χ1n) is 28.5. The van der Waals surface area contributed by atoms with Crippen molar-refractivity contribution in [3.63, 3.8) is 0 Å². The van der Waals surface area contributed by atoms with Gasteiger partial charge < -0.3 is 28.1 Å². The average Bonchev–Trinajstić information content (AvgIpc) is 3.38. The highest BCUT2D eigenvalue weighted by Gasteiger charge is 2.21. The van der Waals surface area contributed by atoms with Gasteiger partial charge in [0.2, 0.25) is 0 Å². The molecule has 84 heavy (non-hydrogen) atoms. The molecular formula is C78H52N4O2. The van der Waals surface area contributed by atoms with E-state index in [-0.39, 0.29) is 0 Å². The van der Waals surface area contributed by atoms with E-state index in [2.05, 4.69) is 310 Å². The Morgan fingerprint density at radius 1 is 0.202 bits per heavy atom. The fourth-order valence-corrected chi connectivity index (χ4v) is 12.4. The molecule has 396 valence electrons. The molecule has 16 aromatic rings. The molecule has 6 heteroatoms. The van der Waals surface area contributed by atoms with Crippen LogP contribution in [0.4, 0.5) is 51.2 Å². The first-order chi connectivity index (χ1) is 41.6. The zero-order valence-electron chi connectivity index (χ0n) is 45.6. The van der Waals surface area contributed by atoms with E-state index in [1.54, 1.807) is 0 Å². The molecule has 3 heterocycles. The largest absolute Gasteiger partial charge is 0.456 e. The van der Waals surface area contributed by atoms with Gasteiger partial charge in [-0.25, -0.2) is 0 Å². The quantitative estimate of drug-likeness (QED) is 0.122. The summed E-state index contributed by atoms with van der Waals surface area (Å²) >= 11 is 0. The normalized spacial score (nSPS) is 11.6. The van der Waals surface area contributed by atoms with Gasteiger partial charge in [-0.05, 0) is 192 Å². The van der Waals surface area contributed by atoms with E-state index in [4.69, 9.17) is 8.83 Å². The number of anilines is 9. The fraction of sp³-hybridized carbons (Fsp3) is 0. The van der Waals surface area contributed by atoms with Gasteiger partial charge in [0.1, 0.15) is 22.3 Å². The molecule has 0 amide bonds. The van der Waals surface area contributed by atoms with Crippen LogP contribution >= 0.6 is 0 Å². The maximum atomic E-state index is 6.17. The van der Waals surface area contributed by atoms with E-state index in [9.17, 15) is 0 Å². The Kier molecular flexibility index (Phi) is 11.8. The van der Waals surface area contributed by atoms with Crippen LogP contribution < -0.4 is 14.7 Å². The summed E-state index contributed by atoms with van der Waals surface area (Å²) in [7, 11) is 0. The monoisotopic (exact) mass is 1080 g/mol. The van der Waals surface area contributed by atoms with Crippen molar-refractivity contribution in [2.75, 3.05) is 14.7 Å². The third-order valence-electron chi connectivity index (χ3n) is 16.4. The minimum Gasteiger partial charge on any atom is -0.456 e. The van der Waals surface area contributed by atoms with Crippen molar-refractivity contribution in [1.82, 2.24) is 4.57 Å². The molecular weight excluding hydrogens is 1020 g/mol. The van der Waals surface area contributed by atoms with E-state index >= 15 is 0 Å². The van der Waals surface area contributed by atoms with Crippen LogP contribution in [-0.4, -0.2) is 4.57 Å². The lowest BCUT2D eigenvalue weighted by atomic mass is 10.0. The van der Waals surface area contributed by atoms with Gasteiger partial charge in [0.25, 0.3) is 0 Å². The Morgan fingerprint density at radius 3 is 0.857 bits per heavy atom. The lowest BCUT2D eigenvalue weighted by molar-refractivity contribution is 0.668. The van der Waals surface area contributed by atoms with Crippen molar-refractivity contribution in [2.24, 2.45) is 0 Å². The van der Waals surface area contributed by atoms with Gasteiger partial charge in [-0.2, -0.15) is 0 Å². The summed E-state index contributed by atoms with van der Waals surface area (Å²) in [5, 5.41) is 6.96. The highest BCUT2D eigenvalue weighted by atomic mass is 16.3. The number of aromatic nitrogens is 1. The predicted octanol–water partition coefficient (Wildman–Crippen LogP) is 22.3. The van der Waals surface area contributed by atoms with Crippen LogP contribution in [0.15, 0.2) is 324 Å². The second kappa shape index (κ2) is 20.3. The number of para-hydroxylation sites is 6. The van der Waals surface area contributed by atoms with E-state index in [0.29, 0.717) is 0 Å². The molecule has 0 spiro atoms. The summed E-state index contributed by atoms with van der Waals surface area (Å²) in [5.74, 6) is 0. The maximum absolute atomic E-state index is 6.17. The Morgan fingerprint density at radius 2 is 0.476 bits per heavy atom. The molecule has 0 saturated heterocycles. The molecule has 16 rings (SSSR count). The van der Waals surface area contributed by atoms with Crippen LogP contribution in [0.3, 0.4) is 0 Å². The number of benzene rings is 13. The molecule has 0 N–H and O–H groups in total. The zero-order chi connectivity index (χ0) is 55.5. The summed E-state index contributed by atoms with van der Waals surface area (Å²) in [4.78, 5) is 7.00. The Bertz CT molecular complexity index is 4750. The number of hydrogen-bond donors (Lipinski definition) is 0. The Labute approximate surface area is 485 Å². The molecule has 0 atom stereocenters. The molecule has 3 aromatic heterocycles. The molecule has 6 nitrogen and oxygen atoms in total. The molecule has 13 aromatic carbocycles. The van der Waals surface area contributed by atoms with E-state index in [1.807, 2.05) is 24.3 Å². The highest BCUT2D eigenvalue weighted by molar-refractivity contribution is 6.10. The lowest BCUT2D eigenvalue weighted by Gasteiger charge is -2.29. The van der Waals surface area contributed by atoms with Crippen LogP contribution in [0.25, 0.3) is 93.6 Å². The SMILES string of the molecule is c1ccc(N(c2ccc(-c3ccc4oc5ccccc5c4c3)cc2)c2ccc(N(c3ccc(N(c4ccccc4)c4ccc(-c5ccc6oc7ccccc7c6c5)cc4)cc3)c3ccc(-n4c5ccccc5c5ccccc54)cc3)cc2)cc1. The highest BCUT2D eigenvalue weighted by Crippen LogP contribution is 2.44. The van der Waals surface area contributed by atoms with Gasteiger partial charge in [0, 0.05) is 89.2 Å². The van der Waals surface area contributed by atoms with Gasteiger partial charge in [-0.1, -0.05) is 146 Å². The van der Waals surface area contributed by atoms with Crippen molar-refractivity contribution in [1.29, 1.82) is 0 Å². The third-order valence-corrected chi connectivity index (χ3v) is 16.4. The Balaban J connectivity index is 0.763. The number of fused-ring (bicyclic) bond motifs is 9. The minimum absolute atomic E-state index is 0.893. The predicted molar refractivity (Wildman–Crippen MR) is 350 cm³/mol. The van der Waals surface area contributed by atoms with Crippen molar-refractivity contribution in [3.8, 4) is 27.9 Å². The van der Waals surface area contributed by atoms with E-state index < -0.39 is 0 Å². The summed E-state index contributed by atoms with van der Waals surface area (Å²) < 4.78 is 14.7. The number of rotatable bonds is 12. The summed E-state index contributed by atoms with van der Waals surface area (Å²) in [6.07, 6.45) is 0. The molecule has 0 radical (unpaired) electrons. The van der Waals surface area contributed by atoms with E-state index in [0.717, 1.165) is 123 Å². The van der Waals surface area contributed by atoms with Gasteiger partial charge >= 0.3 is 0 Å². The third kappa shape index (κ3) is 8.52. The molecule has 0 aliphatic heterocycles. The standard InChI is InChI=1S/C78H52N4O2/c1-3-15-57(16-4-1)79(59-33-27-53(28-34-59)55-31-49-77-71(51-55)69-21-9-13-25-75(69)83-77)61-37-41-63(42-38-61)81(65-45-47-66(48-46-65)82-73-23-11-7-19-67(73)68-20-8-12-24-74(68)82)64-43-39-62(40-44-64)80(58-17-5-2-6-18-58)60-35-29-54(30-36-60)56-32-50-78-72(52-56)70-22-10-14-26-76(70)84-78/h1-52H. The molecule has 0 fully saturated rings. The van der Waals surface area contributed by atoms with Crippen molar-refractivity contribution in [2.45, 2.75) is 0 Å². The van der Waals surface area contributed by atoms with Gasteiger partial charge in [0.15, 0.2) is 0 Å².